The standard InChI is InChI=1S/C15H23N3/c1-17-8-6-13(7-9-17)18-10-5-12-3-2-4-15(16)14(12)11-18/h2-4,13H,5-11,16H2,1H3. The number of fused-ring (bicyclic) bond motifs is 1. The third-order valence-corrected chi connectivity index (χ3v) is 4.54. The maximum absolute atomic E-state index is 6.12. The van der Waals surface area contributed by atoms with Gasteiger partial charge < -0.3 is 10.6 Å². The fourth-order valence-corrected chi connectivity index (χ4v) is 3.30. The molecule has 0 aliphatic carbocycles. The lowest BCUT2D eigenvalue weighted by atomic mass is 9.94. The van der Waals surface area contributed by atoms with Crippen molar-refractivity contribution >= 4 is 5.69 Å². The third kappa shape index (κ3) is 2.25. The molecule has 18 heavy (non-hydrogen) atoms. The summed E-state index contributed by atoms with van der Waals surface area (Å²) in [4.78, 5) is 5.08. The molecular weight excluding hydrogens is 222 g/mol. The molecule has 98 valence electrons. The van der Waals surface area contributed by atoms with Crippen molar-refractivity contribution in [2.45, 2.75) is 31.8 Å². The van der Waals surface area contributed by atoms with Crippen molar-refractivity contribution < 1.29 is 0 Å². The maximum Gasteiger partial charge on any atom is 0.0362 e. The Balaban J connectivity index is 1.73. The number of nitrogens with two attached hydrogens (primary N) is 1. The van der Waals surface area contributed by atoms with E-state index in [1.54, 1.807) is 0 Å². The van der Waals surface area contributed by atoms with Gasteiger partial charge in [-0.1, -0.05) is 12.1 Å². The second kappa shape index (κ2) is 4.90. The van der Waals surface area contributed by atoms with Crippen molar-refractivity contribution in [2.75, 3.05) is 32.4 Å². The van der Waals surface area contributed by atoms with Crippen LogP contribution in [0.4, 0.5) is 5.69 Å². The van der Waals surface area contributed by atoms with E-state index >= 15 is 0 Å². The highest BCUT2D eigenvalue weighted by atomic mass is 15.2. The molecule has 0 spiro atoms. The zero-order chi connectivity index (χ0) is 12.5. The van der Waals surface area contributed by atoms with E-state index in [1.807, 2.05) is 6.07 Å². The summed E-state index contributed by atoms with van der Waals surface area (Å²) in [5.74, 6) is 0. The number of nitrogens with zero attached hydrogens (tertiary/aromatic N) is 2. The second-order valence-electron chi connectivity index (χ2n) is 5.74. The second-order valence-corrected chi connectivity index (χ2v) is 5.74. The Labute approximate surface area is 110 Å². The number of hydrogen-bond donors (Lipinski definition) is 1. The van der Waals surface area contributed by atoms with Crippen LogP contribution in [0.25, 0.3) is 0 Å². The van der Waals surface area contributed by atoms with E-state index in [1.165, 1.54) is 43.6 Å². The van der Waals surface area contributed by atoms with E-state index in [4.69, 9.17) is 5.73 Å². The van der Waals surface area contributed by atoms with Gasteiger partial charge in [0.1, 0.15) is 0 Å². The zero-order valence-electron chi connectivity index (χ0n) is 11.2. The van der Waals surface area contributed by atoms with Gasteiger partial charge in [0.05, 0.1) is 0 Å². The van der Waals surface area contributed by atoms with Crippen molar-refractivity contribution in [1.29, 1.82) is 0 Å². The molecule has 2 aliphatic rings. The van der Waals surface area contributed by atoms with Gasteiger partial charge in [-0.15, -0.1) is 0 Å². The van der Waals surface area contributed by atoms with Crippen molar-refractivity contribution in [3.63, 3.8) is 0 Å². The summed E-state index contributed by atoms with van der Waals surface area (Å²) in [6, 6.07) is 7.11. The van der Waals surface area contributed by atoms with Crippen LogP contribution in [0.15, 0.2) is 18.2 Å². The first-order valence-electron chi connectivity index (χ1n) is 7.03. The predicted octanol–water partition coefficient (Wildman–Crippen LogP) is 1.72. The van der Waals surface area contributed by atoms with Gasteiger partial charge in [0.2, 0.25) is 0 Å². The average molecular weight is 245 g/mol. The van der Waals surface area contributed by atoms with E-state index in [-0.39, 0.29) is 0 Å². The molecule has 0 unspecified atom stereocenters. The zero-order valence-corrected chi connectivity index (χ0v) is 11.2. The van der Waals surface area contributed by atoms with Gasteiger partial charge in [-0.3, -0.25) is 4.90 Å². The van der Waals surface area contributed by atoms with Gasteiger partial charge in [0.25, 0.3) is 0 Å². The van der Waals surface area contributed by atoms with E-state index in [9.17, 15) is 0 Å². The summed E-state index contributed by atoms with van der Waals surface area (Å²) < 4.78 is 0. The first-order chi connectivity index (χ1) is 8.74. The lowest BCUT2D eigenvalue weighted by molar-refractivity contribution is 0.110. The van der Waals surface area contributed by atoms with Crippen molar-refractivity contribution in [3.8, 4) is 0 Å². The number of rotatable bonds is 1. The topological polar surface area (TPSA) is 32.5 Å². The molecule has 2 N–H and O–H groups in total. The third-order valence-electron chi connectivity index (χ3n) is 4.54. The number of anilines is 1. The molecule has 3 nitrogen and oxygen atoms in total. The van der Waals surface area contributed by atoms with Crippen molar-refractivity contribution in [3.05, 3.63) is 29.3 Å². The first kappa shape index (κ1) is 12.0. The van der Waals surface area contributed by atoms with Crippen LogP contribution in [0.5, 0.6) is 0 Å². The van der Waals surface area contributed by atoms with Gasteiger partial charge in [0.15, 0.2) is 0 Å². The monoisotopic (exact) mass is 245 g/mol. The van der Waals surface area contributed by atoms with Gasteiger partial charge in [-0.25, -0.2) is 0 Å². The molecule has 1 saturated heterocycles. The van der Waals surface area contributed by atoms with Crippen molar-refractivity contribution in [1.82, 2.24) is 9.80 Å². The predicted molar refractivity (Wildman–Crippen MR) is 75.5 cm³/mol. The molecule has 1 aromatic rings. The van der Waals surface area contributed by atoms with Gasteiger partial charge >= 0.3 is 0 Å². The van der Waals surface area contributed by atoms with Crippen LogP contribution in [-0.2, 0) is 13.0 Å². The molecule has 0 atom stereocenters. The van der Waals surface area contributed by atoms with Crippen molar-refractivity contribution in [2.24, 2.45) is 0 Å². The number of piperidine rings is 1. The Morgan fingerprint density at radius 2 is 1.94 bits per heavy atom. The molecule has 1 fully saturated rings. The van der Waals surface area contributed by atoms with Crippen LogP contribution in [-0.4, -0.2) is 42.5 Å². The Kier molecular flexibility index (Phi) is 3.27. The van der Waals surface area contributed by atoms with Crippen LogP contribution in [0.3, 0.4) is 0 Å². The molecule has 0 bridgehead atoms. The van der Waals surface area contributed by atoms with E-state index < -0.39 is 0 Å². The molecule has 0 amide bonds. The number of benzene rings is 1. The summed E-state index contributed by atoms with van der Waals surface area (Å²) in [7, 11) is 2.22. The first-order valence-corrected chi connectivity index (χ1v) is 7.03. The van der Waals surface area contributed by atoms with Crippen LogP contribution in [0, 0.1) is 0 Å². The summed E-state index contributed by atoms with van der Waals surface area (Å²) in [6.45, 7) is 4.72. The van der Waals surface area contributed by atoms with Gasteiger partial charge in [-0.05, 0) is 56.6 Å². The maximum atomic E-state index is 6.12. The lowest BCUT2D eigenvalue weighted by Gasteiger charge is -2.40. The fraction of sp³-hybridized carbons (Fsp3) is 0.600. The Morgan fingerprint density at radius 3 is 2.72 bits per heavy atom. The minimum absolute atomic E-state index is 0.758. The highest BCUT2D eigenvalue weighted by Gasteiger charge is 2.26. The minimum Gasteiger partial charge on any atom is -0.398 e. The molecule has 1 aromatic carbocycles. The van der Waals surface area contributed by atoms with E-state index in [0.29, 0.717) is 0 Å². The van der Waals surface area contributed by atoms with Crippen LogP contribution in [0.2, 0.25) is 0 Å². The molecule has 2 heterocycles. The number of nitrogen functional groups attached to an aromatic ring is 1. The summed E-state index contributed by atoms with van der Waals surface area (Å²) in [5.41, 5.74) is 9.93. The highest BCUT2D eigenvalue weighted by Crippen LogP contribution is 2.27. The largest absolute Gasteiger partial charge is 0.398 e. The molecule has 0 saturated carbocycles. The molecule has 0 aromatic heterocycles. The number of hydrogen-bond acceptors (Lipinski definition) is 3. The van der Waals surface area contributed by atoms with E-state index in [0.717, 1.165) is 24.7 Å². The Hall–Kier alpha value is -1.06. The Bertz CT molecular complexity index is 422. The lowest BCUT2D eigenvalue weighted by Crippen LogP contribution is -2.45. The quantitative estimate of drug-likeness (QED) is 0.765. The number of likely N-dealkylation sites (tertiary alicyclic amines) is 1. The van der Waals surface area contributed by atoms with Gasteiger partial charge in [0, 0.05) is 24.8 Å². The smallest absolute Gasteiger partial charge is 0.0362 e. The molecule has 2 aliphatic heterocycles. The summed E-state index contributed by atoms with van der Waals surface area (Å²) >= 11 is 0. The molecule has 3 heteroatoms. The average Bonchev–Trinajstić information content (AvgIpc) is 2.40. The Morgan fingerprint density at radius 1 is 1.17 bits per heavy atom. The molecule has 0 radical (unpaired) electrons. The summed E-state index contributed by atoms with van der Waals surface area (Å²) in [5, 5.41) is 0. The van der Waals surface area contributed by atoms with Gasteiger partial charge in [-0.2, -0.15) is 0 Å². The SMILES string of the molecule is CN1CCC(N2CCc3cccc(N)c3C2)CC1. The fourth-order valence-electron chi connectivity index (χ4n) is 3.30. The summed E-state index contributed by atoms with van der Waals surface area (Å²) in [6.07, 6.45) is 3.77. The van der Waals surface area contributed by atoms with E-state index in [2.05, 4.69) is 29.0 Å². The van der Waals surface area contributed by atoms with Crippen LogP contribution in [0.1, 0.15) is 24.0 Å². The van der Waals surface area contributed by atoms with Crippen LogP contribution < -0.4 is 5.73 Å². The molecule has 3 rings (SSSR count). The normalized spacial score (nSPS) is 22.9. The molecular formula is C15H23N3. The minimum atomic E-state index is 0.758. The highest BCUT2D eigenvalue weighted by molar-refractivity contribution is 5.51. The van der Waals surface area contributed by atoms with Crippen LogP contribution >= 0.6 is 0 Å².